The number of hydrogen-bond acceptors (Lipinski definition) is 6. The van der Waals surface area contributed by atoms with Gasteiger partial charge in [0.1, 0.15) is 5.75 Å². The lowest BCUT2D eigenvalue weighted by molar-refractivity contribution is -0.385. The normalized spacial score (nSPS) is 11.7. The molecule has 2 rings (SSSR count). The van der Waals surface area contributed by atoms with Gasteiger partial charge in [0.05, 0.1) is 9.82 Å². The number of sulfonamides is 1. The van der Waals surface area contributed by atoms with E-state index in [4.69, 9.17) is 4.74 Å². The molecule has 2 aromatic rings. The quantitative estimate of drug-likeness (QED) is 0.558. The fourth-order valence-corrected chi connectivity index (χ4v) is 3.73. The van der Waals surface area contributed by atoms with Crippen LogP contribution in [0, 0.1) is 10.1 Å². The van der Waals surface area contributed by atoms with Crippen molar-refractivity contribution in [1.82, 2.24) is 4.72 Å². The van der Waals surface area contributed by atoms with E-state index in [0.717, 1.165) is 6.07 Å². The van der Waals surface area contributed by atoms with Crippen molar-refractivity contribution < 1.29 is 22.9 Å². The second-order valence-corrected chi connectivity index (χ2v) is 8.73. The number of nitro groups is 1. The third-order valence-corrected chi connectivity index (χ3v) is 5.04. The topological polar surface area (TPSA) is 128 Å². The Labute approximate surface area is 162 Å². The van der Waals surface area contributed by atoms with Crippen molar-refractivity contribution in [2.24, 2.45) is 0 Å². The van der Waals surface area contributed by atoms with Gasteiger partial charge >= 0.3 is 5.69 Å². The van der Waals surface area contributed by atoms with Crippen LogP contribution >= 0.6 is 0 Å². The van der Waals surface area contributed by atoms with Gasteiger partial charge in [0, 0.05) is 24.2 Å². The van der Waals surface area contributed by atoms with Gasteiger partial charge in [-0.3, -0.25) is 14.9 Å². The molecule has 0 spiro atoms. The molecule has 0 radical (unpaired) electrons. The summed E-state index contributed by atoms with van der Waals surface area (Å²) in [5.41, 5.74) is -0.676. The highest BCUT2D eigenvalue weighted by molar-refractivity contribution is 7.89. The number of carbonyl (C=O) groups excluding carboxylic acids is 1. The van der Waals surface area contributed by atoms with Crippen molar-refractivity contribution in [2.45, 2.75) is 38.1 Å². The molecule has 0 heterocycles. The largest absolute Gasteiger partial charge is 0.450 e. The zero-order valence-corrected chi connectivity index (χ0v) is 16.7. The van der Waals surface area contributed by atoms with Crippen LogP contribution in [0.3, 0.4) is 0 Å². The third kappa shape index (κ3) is 5.76. The van der Waals surface area contributed by atoms with Crippen molar-refractivity contribution in [3.05, 3.63) is 52.6 Å². The Bertz CT molecular complexity index is 995. The molecule has 0 unspecified atom stereocenters. The molecule has 2 N–H and O–H groups in total. The average Bonchev–Trinajstić information content (AvgIpc) is 2.54. The molecule has 0 aliphatic rings. The van der Waals surface area contributed by atoms with E-state index in [2.05, 4.69) is 10.0 Å². The Kier molecular flexibility index (Phi) is 6.05. The van der Waals surface area contributed by atoms with Gasteiger partial charge in [-0.25, -0.2) is 13.1 Å². The summed E-state index contributed by atoms with van der Waals surface area (Å²) in [4.78, 5) is 21.5. The molecule has 9 nitrogen and oxygen atoms in total. The smallest absolute Gasteiger partial charge is 0.312 e. The molecule has 2 aromatic carbocycles. The van der Waals surface area contributed by atoms with Crippen LogP contribution in [0.25, 0.3) is 0 Å². The fraction of sp³-hybridized carbons (Fsp3) is 0.278. The number of anilines is 1. The van der Waals surface area contributed by atoms with E-state index < -0.39 is 26.2 Å². The number of rotatable bonds is 6. The molecule has 0 saturated carbocycles. The lowest BCUT2D eigenvalue weighted by Crippen LogP contribution is -2.40. The number of nitrogens with one attached hydrogen (secondary N) is 2. The monoisotopic (exact) mass is 407 g/mol. The molecule has 0 aliphatic heterocycles. The van der Waals surface area contributed by atoms with Crippen molar-refractivity contribution in [3.63, 3.8) is 0 Å². The van der Waals surface area contributed by atoms with Crippen LogP contribution in [0.5, 0.6) is 11.5 Å². The first-order valence-electron chi connectivity index (χ1n) is 8.25. The Hall–Kier alpha value is -2.98. The molecule has 28 heavy (non-hydrogen) atoms. The van der Waals surface area contributed by atoms with Gasteiger partial charge in [-0.05, 0) is 57.2 Å². The number of amides is 1. The summed E-state index contributed by atoms with van der Waals surface area (Å²) in [5, 5.41) is 14.0. The van der Waals surface area contributed by atoms with E-state index in [1.54, 1.807) is 32.9 Å². The number of nitro benzene ring substituents is 1. The molecule has 0 aliphatic carbocycles. The molecule has 1 amide bonds. The highest BCUT2D eigenvalue weighted by atomic mass is 32.2. The van der Waals surface area contributed by atoms with Crippen LogP contribution in [-0.4, -0.2) is 24.8 Å². The first-order valence-corrected chi connectivity index (χ1v) is 9.74. The lowest BCUT2D eigenvalue weighted by Gasteiger charge is -2.20. The van der Waals surface area contributed by atoms with E-state index in [1.807, 2.05) is 0 Å². The van der Waals surface area contributed by atoms with Crippen LogP contribution in [-0.2, 0) is 14.8 Å². The van der Waals surface area contributed by atoms with Gasteiger partial charge in [-0.1, -0.05) is 0 Å². The first kappa shape index (κ1) is 21.3. The van der Waals surface area contributed by atoms with Crippen molar-refractivity contribution >= 4 is 27.3 Å². The van der Waals surface area contributed by atoms with E-state index >= 15 is 0 Å². The summed E-state index contributed by atoms with van der Waals surface area (Å²) < 4.78 is 32.8. The number of carbonyl (C=O) groups is 1. The second kappa shape index (κ2) is 7.95. The SMILES string of the molecule is CC(=O)Nc1ccc(Oc2ccc(S(=O)(=O)NC(C)(C)C)cc2[N+](=O)[O-])cc1. The molecule has 0 aromatic heterocycles. The van der Waals surface area contributed by atoms with E-state index in [0.29, 0.717) is 11.4 Å². The zero-order valence-electron chi connectivity index (χ0n) is 15.8. The Morgan fingerprint density at radius 2 is 1.71 bits per heavy atom. The summed E-state index contributed by atoms with van der Waals surface area (Å²) in [7, 11) is -3.93. The van der Waals surface area contributed by atoms with Gasteiger partial charge in [-0.15, -0.1) is 0 Å². The molecule has 150 valence electrons. The number of ether oxygens (including phenoxy) is 1. The van der Waals surface area contributed by atoms with Crippen LogP contribution in [0.15, 0.2) is 47.4 Å². The summed E-state index contributed by atoms with van der Waals surface area (Å²) in [6.07, 6.45) is 0. The number of nitrogens with zero attached hydrogens (tertiary/aromatic N) is 1. The molecule has 0 bridgehead atoms. The Morgan fingerprint density at radius 1 is 1.11 bits per heavy atom. The van der Waals surface area contributed by atoms with Crippen molar-refractivity contribution in [2.75, 3.05) is 5.32 Å². The van der Waals surface area contributed by atoms with E-state index in [-0.39, 0.29) is 16.6 Å². The molecular weight excluding hydrogens is 386 g/mol. The van der Waals surface area contributed by atoms with Gasteiger partial charge in [0.25, 0.3) is 0 Å². The van der Waals surface area contributed by atoms with Crippen LogP contribution in [0.1, 0.15) is 27.7 Å². The lowest BCUT2D eigenvalue weighted by atomic mass is 10.1. The zero-order chi connectivity index (χ0) is 21.1. The van der Waals surface area contributed by atoms with Gasteiger partial charge in [0.2, 0.25) is 21.7 Å². The molecule has 0 saturated heterocycles. The Balaban J connectivity index is 2.33. The predicted octanol–water partition coefficient (Wildman–Crippen LogP) is 3.42. The maximum absolute atomic E-state index is 12.4. The van der Waals surface area contributed by atoms with Crippen molar-refractivity contribution in [3.8, 4) is 11.5 Å². The second-order valence-electron chi connectivity index (χ2n) is 7.05. The maximum atomic E-state index is 12.4. The molecule has 0 fully saturated rings. The molecule has 0 atom stereocenters. The van der Waals surface area contributed by atoms with Crippen LogP contribution in [0.4, 0.5) is 11.4 Å². The van der Waals surface area contributed by atoms with E-state index in [1.165, 1.54) is 31.2 Å². The molecule has 10 heteroatoms. The minimum atomic E-state index is -3.93. The third-order valence-electron chi connectivity index (χ3n) is 3.28. The fourth-order valence-electron chi connectivity index (χ4n) is 2.29. The Morgan fingerprint density at radius 3 is 2.21 bits per heavy atom. The summed E-state index contributed by atoms with van der Waals surface area (Å²) in [6, 6.07) is 9.64. The number of hydrogen-bond donors (Lipinski definition) is 2. The van der Waals surface area contributed by atoms with Crippen LogP contribution < -0.4 is 14.8 Å². The van der Waals surface area contributed by atoms with E-state index in [9.17, 15) is 23.3 Å². The highest BCUT2D eigenvalue weighted by Crippen LogP contribution is 2.34. The predicted molar refractivity (Wildman–Crippen MR) is 104 cm³/mol. The standard InChI is InChI=1S/C18H21N3O6S/c1-12(22)19-13-5-7-14(8-6-13)27-17-10-9-15(11-16(17)21(23)24)28(25,26)20-18(2,3)4/h5-11,20H,1-4H3,(H,19,22). The summed E-state index contributed by atoms with van der Waals surface area (Å²) >= 11 is 0. The van der Waals surface area contributed by atoms with Gasteiger partial charge in [-0.2, -0.15) is 0 Å². The first-order chi connectivity index (χ1) is 12.9. The van der Waals surface area contributed by atoms with Gasteiger partial charge in [0.15, 0.2) is 0 Å². The van der Waals surface area contributed by atoms with Crippen molar-refractivity contribution in [1.29, 1.82) is 0 Å². The summed E-state index contributed by atoms with van der Waals surface area (Å²) in [5.74, 6) is -0.0439. The summed E-state index contributed by atoms with van der Waals surface area (Å²) in [6.45, 7) is 6.38. The number of benzene rings is 2. The average molecular weight is 407 g/mol. The molecular formula is C18H21N3O6S. The minimum absolute atomic E-state index is 0.105. The highest BCUT2D eigenvalue weighted by Gasteiger charge is 2.26. The maximum Gasteiger partial charge on any atom is 0.312 e. The van der Waals surface area contributed by atoms with Crippen LogP contribution in [0.2, 0.25) is 0 Å². The minimum Gasteiger partial charge on any atom is -0.450 e. The van der Waals surface area contributed by atoms with Gasteiger partial charge < -0.3 is 10.1 Å².